The van der Waals surface area contributed by atoms with Crippen LogP contribution in [0.2, 0.25) is 0 Å². The number of carbonyl (C=O) groups is 1. The molecule has 0 aliphatic heterocycles. The lowest BCUT2D eigenvalue weighted by molar-refractivity contribution is 0.0694. The quantitative estimate of drug-likeness (QED) is 0.257. The molecule has 0 radical (unpaired) electrons. The van der Waals surface area contributed by atoms with Gasteiger partial charge in [0.1, 0.15) is 4.75 Å². The zero-order valence-electron chi connectivity index (χ0n) is 16.8. The minimum Gasteiger partial charge on any atom is -0.478 e. The molecule has 0 spiro atoms. The average molecular weight is 427 g/mol. The highest BCUT2D eigenvalue weighted by Crippen LogP contribution is 2.49. The van der Waals surface area contributed by atoms with Crippen LogP contribution in [0.15, 0.2) is 115 Å². The van der Waals surface area contributed by atoms with E-state index in [1.54, 1.807) is 18.2 Å². The fourth-order valence-electron chi connectivity index (χ4n) is 3.70. The first-order chi connectivity index (χ1) is 15.2. The number of rotatable bonds is 8. The summed E-state index contributed by atoms with van der Waals surface area (Å²) < 4.78 is 5.58. The van der Waals surface area contributed by atoms with Crippen LogP contribution < -0.4 is 0 Å². The highest BCUT2D eigenvalue weighted by Gasteiger charge is 2.38. The topological polar surface area (TPSA) is 46.5 Å². The van der Waals surface area contributed by atoms with Crippen LogP contribution in [0.5, 0.6) is 0 Å². The number of hydrogen-bond acceptors (Lipinski definition) is 3. The van der Waals surface area contributed by atoms with Crippen molar-refractivity contribution in [3.05, 3.63) is 143 Å². The summed E-state index contributed by atoms with van der Waals surface area (Å²) in [7, 11) is 0. The molecule has 3 nitrogen and oxygen atoms in total. The summed E-state index contributed by atoms with van der Waals surface area (Å²) in [6.45, 7) is 0.182. The smallest absolute Gasteiger partial charge is 0.336 e. The Bertz CT molecular complexity index is 1030. The fraction of sp³-hybridized carbons (Fsp3) is 0.0741. The Balaban J connectivity index is 1.77. The molecular formula is C27H22O3S. The molecular weight excluding hydrogens is 404 g/mol. The van der Waals surface area contributed by atoms with E-state index in [9.17, 15) is 9.90 Å². The van der Waals surface area contributed by atoms with Crippen molar-refractivity contribution in [3.63, 3.8) is 0 Å². The summed E-state index contributed by atoms with van der Waals surface area (Å²) >= 11 is 1.35. The number of benzene rings is 4. The second-order valence-corrected chi connectivity index (χ2v) is 8.10. The Hall–Kier alpha value is -3.34. The van der Waals surface area contributed by atoms with Crippen molar-refractivity contribution >= 4 is 18.0 Å². The van der Waals surface area contributed by atoms with Crippen LogP contribution in [-0.2, 0) is 15.5 Å². The molecule has 1 N–H and O–H groups in total. The second kappa shape index (κ2) is 9.65. The van der Waals surface area contributed by atoms with Gasteiger partial charge in [-0.15, -0.1) is 0 Å². The molecule has 0 bridgehead atoms. The van der Waals surface area contributed by atoms with E-state index in [2.05, 4.69) is 36.4 Å². The van der Waals surface area contributed by atoms with Gasteiger partial charge in [0.2, 0.25) is 0 Å². The zero-order valence-corrected chi connectivity index (χ0v) is 17.7. The number of carboxylic acid groups (broad SMARTS) is 1. The molecule has 0 aliphatic carbocycles. The fourth-order valence-corrected chi connectivity index (χ4v) is 4.76. The molecule has 0 saturated carbocycles. The standard InChI is InChI=1S/C27H22O3S/c28-26(29)25-19-11-10-12-21(25)20-30-31-27(22-13-4-1-5-14-22,23-15-6-2-7-16-23)24-17-8-3-9-18-24/h1-19H,20H2,(H,28,29). The number of hydrogen-bond donors (Lipinski definition) is 1. The molecule has 0 unspecified atom stereocenters. The Kier molecular flexibility index (Phi) is 6.51. The molecule has 0 aromatic heterocycles. The predicted octanol–water partition coefficient (Wildman–Crippen LogP) is 6.54. The van der Waals surface area contributed by atoms with Crippen LogP contribution in [0, 0.1) is 0 Å². The number of aromatic carboxylic acids is 1. The lowest BCUT2D eigenvalue weighted by atomic mass is 9.84. The lowest BCUT2D eigenvalue weighted by Gasteiger charge is -2.34. The van der Waals surface area contributed by atoms with E-state index in [-0.39, 0.29) is 12.2 Å². The van der Waals surface area contributed by atoms with Gasteiger partial charge in [-0.1, -0.05) is 109 Å². The third-order valence-corrected chi connectivity index (χ3v) is 6.38. The highest BCUT2D eigenvalue weighted by atomic mass is 32.2. The minimum atomic E-state index is -0.954. The van der Waals surface area contributed by atoms with Crippen molar-refractivity contribution in [2.75, 3.05) is 0 Å². The number of carboxylic acids is 1. The largest absolute Gasteiger partial charge is 0.478 e. The zero-order chi connectivity index (χ0) is 21.5. The molecule has 154 valence electrons. The molecule has 31 heavy (non-hydrogen) atoms. The summed E-state index contributed by atoms with van der Waals surface area (Å²) in [5.74, 6) is -0.954. The van der Waals surface area contributed by atoms with Crippen molar-refractivity contribution in [1.82, 2.24) is 0 Å². The van der Waals surface area contributed by atoms with E-state index in [4.69, 9.17) is 4.18 Å². The van der Waals surface area contributed by atoms with E-state index in [1.165, 1.54) is 12.0 Å². The third-order valence-electron chi connectivity index (χ3n) is 5.19. The van der Waals surface area contributed by atoms with Gasteiger partial charge < -0.3 is 9.29 Å². The lowest BCUT2D eigenvalue weighted by Crippen LogP contribution is -2.26. The van der Waals surface area contributed by atoms with Crippen molar-refractivity contribution < 1.29 is 14.1 Å². The normalized spacial score (nSPS) is 11.2. The Morgan fingerprint density at radius 3 is 1.55 bits per heavy atom. The molecule has 4 heteroatoms. The molecule has 0 aliphatic rings. The van der Waals surface area contributed by atoms with Crippen LogP contribution >= 0.6 is 12.0 Å². The maximum absolute atomic E-state index is 11.6. The highest BCUT2D eigenvalue weighted by molar-refractivity contribution is 7.96. The summed E-state index contributed by atoms with van der Waals surface area (Å²) in [5, 5.41) is 9.50. The van der Waals surface area contributed by atoms with Gasteiger partial charge in [-0.3, -0.25) is 0 Å². The van der Waals surface area contributed by atoms with Crippen molar-refractivity contribution in [3.8, 4) is 0 Å². The first kappa shape index (κ1) is 20.9. The molecule has 0 heterocycles. The molecule has 4 rings (SSSR count). The van der Waals surface area contributed by atoms with Crippen molar-refractivity contribution in [2.45, 2.75) is 11.4 Å². The van der Waals surface area contributed by atoms with E-state index >= 15 is 0 Å². The predicted molar refractivity (Wildman–Crippen MR) is 125 cm³/mol. The average Bonchev–Trinajstić information content (AvgIpc) is 2.84. The first-order valence-electron chi connectivity index (χ1n) is 10.0. The van der Waals surface area contributed by atoms with E-state index in [0.717, 1.165) is 16.7 Å². The summed E-state index contributed by atoms with van der Waals surface area (Å²) in [6, 6.07) is 37.7. The molecule has 0 amide bonds. The van der Waals surface area contributed by atoms with Gasteiger partial charge in [-0.2, -0.15) is 0 Å². The van der Waals surface area contributed by atoms with Gasteiger partial charge in [0.25, 0.3) is 0 Å². The molecule has 4 aromatic rings. The maximum Gasteiger partial charge on any atom is 0.336 e. The summed E-state index contributed by atoms with van der Waals surface area (Å²) in [4.78, 5) is 11.6. The van der Waals surface area contributed by atoms with Gasteiger partial charge in [-0.05, 0) is 28.3 Å². The SMILES string of the molecule is O=C(O)c1ccccc1COSC(c1ccccc1)(c1ccccc1)c1ccccc1. The molecule has 0 fully saturated rings. The second-order valence-electron chi connectivity index (χ2n) is 7.09. The monoisotopic (exact) mass is 426 g/mol. The van der Waals surface area contributed by atoms with E-state index < -0.39 is 10.7 Å². The minimum absolute atomic E-state index is 0.182. The third kappa shape index (κ3) is 4.41. The van der Waals surface area contributed by atoms with E-state index in [0.29, 0.717) is 5.56 Å². The van der Waals surface area contributed by atoms with E-state index in [1.807, 2.05) is 60.7 Å². The first-order valence-corrected chi connectivity index (χ1v) is 10.7. The summed E-state index contributed by atoms with van der Waals surface area (Å²) in [6.07, 6.45) is 0. The van der Waals surface area contributed by atoms with Crippen LogP contribution in [0.1, 0.15) is 32.6 Å². The Morgan fingerprint density at radius 2 is 1.10 bits per heavy atom. The molecule has 0 atom stereocenters. The van der Waals surface area contributed by atoms with Crippen LogP contribution in [0.4, 0.5) is 0 Å². The van der Waals surface area contributed by atoms with Gasteiger partial charge >= 0.3 is 5.97 Å². The maximum atomic E-state index is 11.6. The van der Waals surface area contributed by atoms with Crippen LogP contribution in [0.3, 0.4) is 0 Å². The summed E-state index contributed by atoms with van der Waals surface area (Å²) in [5.41, 5.74) is 4.16. The molecule has 0 saturated heterocycles. The molecule has 4 aromatic carbocycles. The van der Waals surface area contributed by atoms with Crippen LogP contribution in [0.25, 0.3) is 0 Å². The van der Waals surface area contributed by atoms with Gasteiger partial charge in [-0.25, -0.2) is 4.79 Å². The van der Waals surface area contributed by atoms with Gasteiger partial charge in [0.05, 0.1) is 12.2 Å². The van der Waals surface area contributed by atoms with Crippen molar-refractivity contribution in [1.29, 1.82) is 0 Å². The van der Waals surface area contributed by atoms with Crippen molar-refractivity contribution in [2.24, 2.45) is 0 Å². The Labute approximate surface area is 186 Å². The van der Waals surface area contributed by atoms with Crippen LogP contribution in [-0.4, -0.2) is 11.1 Å². The van der Waals surface area contributed by atoms with Gasteiger partial charge in [0, 0.05) is 12.0 Å². The van der Waals surface area contributed by atoms with Gasteiger partial charge in [0.15, 0.2) is 0 Å². The Morgan fingerprint density at radius 1 is 0.677 bits per heavy atom.